The summed E-state index contributed by atoms with van der Waals surface area (Å²) in [6.07, 6.45) is 0. The maximum atomic E-state index is 6.39. The van der Waals surface area contributed by atoms with Gasteiger partial charge < -0.3 is 0 Å². The summed E-state index contributed by atoms with van der Waals surface area (Å²) in [6.45, 7) is 16.0. The highest BCUT2D eigenvalue weighted by Crippen LogP contribution is 2.59. The molecule has 0 saturated heterocycles. The van der Waals surface area contributed by atoms with E-state index in [1.807, 2.05) is 0 Å². The maximum Gasteiger partial charge on any atom is 0.0341 e. The summed E-state index contributed by atoms with van der Waals surface area (Å²) in [5.41, 5.74) is 0.581. The van der Waals surface area contributed by atoms with Gasteiger partial charge in [0.15, 0.2) is 0 Å². The van der Waals surface area contributed by atoms with E-state index in [9.17, 15) is 0 Å². The van der Waals surface area contributed by atoms with Crippen LogP contribution in [-0.4, -0.2) is 15.6 Å². The van der Waals surface area contributed by atoms with Crippen molar-refractivity contribution >= 4 is 21.8 Å². The third-order valence-corrected chi connectivity index (χ3v) is 8.58. The van der Waals surface area contributed by atoms with E-state index in [1.54, 1.807) is 0 Å². The van der Waals surface area contributed by atoms with Crippen LogP contribution in [0.5, 0.6) is 0 Å². The second kappa shape index (κ2) is 3.58. The van der Waals surface area contributed by atoms with E-state index in [-0.39, 0.29) is 10.4 Å². The van der Waals surface area contributed by atoms with Gasteiger partial charge in [-0.15, -0.1) is 11.6 Å². The molecule has 0 spiro atoms. The second-order valence-electron chi connectivity index (χ2n) is 6.32. The number of hydrogen-bond donors (Lipinski definition) is 0. The smallest absolute Gasteiger partial charge is 0.0341 e. The average Bonchev–Trinajstić information content (AvgIpc) is 1.80. The second-order valence-corrected chi connectivity index (χ2v) is 8.55. The van der Waals surface area contributed by atoms with E-state index in [2.05, 4.69) is 48.5 Å². The van der Waals surface area contributed by atoms with Crippen LogP contribution < -0.4 is 0 Å². The molecule has 0 saturated carbocycles. The molecule has 0 heterocycles. The van der Waals surface area contributed by atoms with Gasteiger partial charge in [0, 0.05) is 15.6 Å². The van der Waals surface area contributed by atoms with Gasteiger partial charge in [-0.1, -0.05) is 41.5 Å². The van der Waals surface area contributed by atoms with Crippen molar-refractivity contribution in [2.45, 2.75) is 58.9 Å². The Labute approximate surface area is 91.9 Å². The lowest BCUT2D eigenvalue weighted by molar-refractivity contribution is 0.122. The molecule has 2 heteroatoms. The van der Waals surface area contributed by atoms with Crippen LogP contribution in [-0.2, 0) is 0 Å². The minimum atomic E-state index is 0.249. The molecule has 0 aromatic carbocycles. The van der Waals surface area contributed by atoms with E-state index in [4.69, 9.17) is 11.6 Å². The molecule has 0 N–H and O–H groups in total. The molecule has 0 aliphatic heterocycles. The van der Waals surface area contributed by atoms with E-state index in [1.165, 1.54) is 0 Å². The molecule has 0 radical (unpaired) electrons. The third kappa shape index (κ3) is 2.30. The topological polar surface area (TPSA) is 0 Å². The fourth-order valence-corrected chi connectivity index (χ4v) is 2.97. The van der Waals surface area contributed by atoms with Crippen molar-refractivity contribution in [2.24, 2.45) is 10.8 Å². The fourth-order valence-electron chi connectivity index (χ4n) is 2.32. The van der Waals surface area contributed by atoms with Crippen molar-refractivity contribution in [1.29, 1.82) is 0 Å². The summed E-state index contributed by atoms with van der Waals surface area (Å²) in [5, 5.41) is 0.529. The molecular weight excluding hydrogens is 196 g/mol. The van der Waals surface area contributed by atoms with Gasteiger partial charge in [-0.25, -0.2) is 0 Å². The number of rotatable bonds is 1. The Morgan fingerprint density at radius 1 is 0.923 bits per heavy atom. The first-order chi connectivity index (χ1) is 5.44. The summed E-state index contributed by atoms with van der Waals surface area (Å²) in [5.74, 6) is 0. The van der Waals surface area contributed by atoms with Crippen LogP contribution in [0.2, 0.25) is 5.04 Å². The van der Waals surface area contributed by atoms with Crippen LogP contribution in [0.1, 0.15) is 48.5 Å². The standard InChI is InChI=1S/C11H25ClSi/c1-8(12)11(13,9(2,3)4)10(5,6)7/h8H,1-7,13H3. The third-order valence-electron chi connectivity index (χ3n) is 3.91. The first-order valence-corrected chi connectivity index (χ1v) is 6.52. The van der Waals surface area contributed by atoms with Crippen molar-refractivity contribution in [3.63, 3.8) is 0 Å². The first-order valence-electron chi connectivity index (χ1n) is 5.08. The van der Waals surface area contributed by atoms with E-state index in [0.29, 0.717) is 10.8 Å². The van der Waals surface area contributed by atoms with Gasteiger partial charge in [-0.05, 0) is 22.8 Å². The number of halogens is 1. The van der Waals surface area contributed by atoms with Crippen LogP contribution in [0.4, 0.5) is 0 Å². The monoisotopic (exact) mass is 220 g/mol. The van der Waals surface area contributed by atoms with Crippen LogP contribution in [0.15, 0.2) is 0 Å². The minimum absolute atomic E-state index is 0.249. The predicted octanol–water partition coefficient (Wildman–Crippen LogP) is 3.23. The van der Waals surface area contributed by atoms with Crippen molar-refractivity contribution in [3.8, 4) is 0 Å². The molecule has 0 amide bonds. The Kier molecular flexibility index (Phi) is 3.72. The molecule has 0 aromatic heterocycles. The molecule has 0 fully saturated rings. The fraction of sp³-hybridized carbons (Fsp3) is 1.00. The molecule has 13 heavy (non-hydrogen) atoms. The quantitative estimate of drug-likeness (QED) is 0.470. The zero-order valence-electron chi connectivity index (χ0n) is 10.5. The number of hydrogen-bond acceptors (Lipinski definition) is 0. The van der Waals surface area contributed by atoms with Gasteiger partial charge >= 0.3 is 0 Å². The zero-order chi connectivity index (χ0) is 11.1. The molecule has 0 nitrogen and oxygen atoms in total. The Bertz CT molecular complexity index is 158. The number of alkyl halides is 1. The zero-order valence-corrected chi connectivity index (χ0v) is 13.2. The first kappa shape index (κ1) is 13.5. The molecule has 0 aliphatic carbocycles. The summed E-state index contributed by atoms with van der Waals surface area (Å²) < 4.78 is 0. The SMILES string of the molecule is CC(Cl)C([SiH3])(C(C)(C)C)C(C)(C)C. The molecule has 1 atom stereocenters. The summed E-state index contributed by atoms with van der Waals surface area (Å²) >= 11 is 6.39. The molecule has 0 aliphatic rings. The Balaban J connectivity index is 5.22. The Hall–Kier alpha value is 0.507. The summed E-state index contributed by atoms with van der Waals surface area (Å²) in [7, 11) is 1.14. The van der Waals surface area contributed by atoms with E-state index >= 15 is 0 Å². The molecule has 0 aromatic rings. The average molecular weight is 221 g/mol. The lowest BCUT2D eigenvalue weighted by Gasteiger charge is -2.53. The van der Waals surface area contributed by atoms with Crippen molar-refractivity contribution < 1.29 is 0 Å². The molecule has 1 unspecified atom stereocenters. The van der Waals surface area contributed by atoms with Gasteiger partial charge in [0.1, 0.15) is 0 Å². The Morgan fingerprint density at radius 2 is 1.15 bits per heavy atom. The van der Waals surface area contributed by atoms with Crippen LogP contribution in [0.3, 0.4) is 0 Å². The lowest BCUT2D eigenvalue weighted by atomic mass is 9.64. The van der Waals surface area contributed by atoms with E-state index in [0.717, 1.165) is 10.2 Å². The van der Waals surface area contributed by atoms with E-state index < -0.39 is 0 Å². The largest absolute Gasteiger partial charge is 0.123 e. The maximum absolute atomic E-state index is 6.39. The van der Waals surface area contributed by atoms with Gasteiger partial charge in [-0.3, -0.25) is 0 Å². The van der Waals surface area contributed by atoms with Crippen molar-refractivity contribution in [1.82, 2.24) is 0 Å². The van der Waals surface area contributed by atoms with Gasteiger partial charge in [0.2, 0.25) is 0 Å². The molecule has 0 rings (SSSR count). The lowest BCUT2D eigenvalue weighted by Crippen LogP contribution is -2.45. The molecular formula is C11H25ClSi. The van der Waals surface area contributed by atoms with Crippen molar-refractivity contribution in [3.05, 3.63) is 0 Å². The highest BCUT2D eigenvalue weighted by atomic mass is 35.5. The highest BCUT2D eigenvalue weighted by Gasteiger charge is 2.49. The van der Waals surface area contributed by atoms with Gasteiger partial charge in [0.25, 0.3) is 0 Å². The normalized spacial score (nSPS) is 17.5. The van der Waals surface area contributed by atoms with Crippen LogP contribution in [0, 0.1) is 10.8 Å². The van der Waals surface area contributed by atoms with Crippen molar-refractivity contribution in [2.75, 3.05) is 0 Å². The van der Waals surface area contributed by atoms with Gasteiger partial charge in [-0.2, -0.15) is 0 Å². The molecule has 80 valence electrons. The predicted molar refractivity (Wildman–Crippen MR) is 66.9 cm³/mol. The van der Waals surface area contributed by atoms with Crippen LogP contribution >= 0.6 is 11.6 Å². The minimum Gasteiger partial charge on any atom is -0.123 e. The van der Waals surface area contributed by atoms with Crippen LogP contribution in [0.25, 0.3) is 0 Å². The Morgan fingerprint density at radius 3 is 1.15 bits per heavy atom. The summed E-state index contributed by atoms with van der Waals surface area (Å²) in [4.78, 5) is 0. The highest BCUT2D eigenvalue weighted by molar-refractivity contribution is 6.29. The van der Waals surface area contributed by atoms with Gasteiger partial charge in [0.05, 0.1) is 0 Å². The molecule has 0 bridgehead atoms. The summed E-state index contributed by atoms with van der Waals surface area (Å²) in [6, 6.07) is 0.